The van der Waals surface area contributed by atoms with Crippen LogP contribution in [0.1, 0.15) is 50.3 Å². The molecule has 0 saturated carbocycles. The molecule has 4 heterocycles. The van der Waals surface area contributed by atoms with E-state index in [4.69, 9.17) is 4.42 Å². The molecular weight excluding hydrogens is 356 g/mol. The topological polar surface area (TPSA) is 69.0 Å². The van der Waals surface area contributed by atoms with Gasteiger partial charge in [0.25, 0.3) is 0 Å². The first kappa shape index (κ1) is 19.3. The molecule has 1 aromatic heterocycles. The smallest absolute Gasteiger partial charge is 0.320 e. The molecule has 1 aromatic rings. The maximum atomic E-state index is 12.9. The molecular formula is C21H32N4O3. The van der Waals surface area contributed by atoms with E-state index in [1.807, 2.05) is 21.9 Å². The molecule has 2 atom stereocenters. The third-order valence-corrected chi connectivity index (χ3v) is 6.36. The summed E-state index contributed by atoms with van der Waals surface area (Å²) < 4.78 is 5.64. The van der Waals surface area contributed by atoms with Gasteiger partial charge in [-0.05, 0) is 63.7 Å². The number of nitrogens with one attached hydrogen (secondary N) is 1. The van der Waals surface area contributed by atoms with Gasteiger partial charge in [-0.25, -0.2) is 4.79 Å². The van der Waals surface area contributed by atoms with E-state index in [1.54, 1.807) is 6.26 Å². The molecule has 0 radical (unpaired) electrons. The maximum absolute atomic E-state index is 12.9. The maximum Gasteiger partial charge on any atom is 0.320 e. The Morgan fingerprint density at radius 1 is 1.04 bits per heavy atom. The molecule has 3 amide bonds. The van der Waals surface area contributed by atoms with E-state index < -0.39 is 0 Å². The molecule has 3 aliphatic heterocycles. The number of urea groups is 1. The van der Waals surface area contributed by atoms with Crippen molar-refractivity contribution in [1.82, 2.24) is 20.0 Å². The third-order valence-electron chi connectivity index (χ3n) is 6.36. The Kier molecular flexibility index (Phi) is 6.20. The van der Waals surface area contributed by atoms with Crippen molar-refractivity contribution in [3.05, 3.63) is 24.2 Å². The predicted octanol–water partition coefficient (Wildman–Crippen LogP) is 2.46. The summed E-state index contributed by atoms with van der Waals surface area (Å²) in [6, 6.07) is 4.10. The van der Waals surface area contributed by atoms with Gasteiger partial charge in [-0.2, -0.15) is 0 Å². The van der Waals surface area contributed by atoms with Gasteiger partial charge in [0.05, 0.1) is 18.2 Å². The van der Waals surface area contributed by atoms with Crippen LogP contribution in [-0.2, 0) is 4.79 Å². The monoisotopic (exact) mass is 388 g/mol. The van der Waals surface area contributed by atoms with Crippen molar-refractivity contribution < 1.29 is 14.0 Å². The van der Waals surface area contributed by atoms with Crippen LogP contribution in [0.3, 0.4) is 0 Å². The Balaban J connectivity index is 1.32. The van der Waals surface area contributed by atoms with Gasteiger partial charge in [0.1, 0.15) is 5.76 Å². The summed E-state index contributed by atoms with van der Waals surface area (Å²) in [6.07, 6.45) is 8.02. The first-order valence-corrected chi connectivity index (χ1v) is 10.8. The highest BCUT2D eigenvalue weighted by Crippen LogP contribution is 2.25. The summed E-state index contributed by atoms with van der Waals surface area (Å²) in [5.74, 6) is 0.863. The highest BCUT2D eigenvalue weighted by Gasteiger charge is 2.32. The number of piperidine rings is 1. The lowest BCUT2D eigenvalue weighted by atomic mass is 9.97. The van der Waals surface area contributed by atoms with Crippen LogP contribution >= 0.6 is 0 Å². The fourth-order valence-electron chi connectivity index (χ4n) is 4.76. The Morgan fingerprint density at radius 3 is 2.46 bits per heavy atom. The van der Waals surface area contributed by atoms with Gasteiger partial charge in [-0.15, -0.1) is 0 Å². The number of carbonyl (C=O) groups is 2. The number of hydrogen-bond acceptors (Lipinski definition) is 4. The second-order valence-electron chi connectivity index (χ2n) is 8.28. The van der Waals surface area contributed by atoms with Crippen molar-refractivity contribution in [3.63, 3.8) is 0 Å². The average Bonchev–Trinajstić information content (AvgIpc) is 3.51. The van der Waals surface area contributed by atoms with Crippen LogP contribution in [0.15, 0.2) is 22.8 Å². The normalized spacial score (nSPS) is 24.5. The van der Waals surface area contributed by atoms with E-state index in [0.29, 0.717) is 13.1 Å². The van der Waals surface area contributed by atoms with Gasteiger partial charge in [0, 0.05) is 32.7 Å². The molecule has 4 rings (SSSR count). The molecule has 154 valence electrons. The largest absolute Gasteiger partial charge is 0.468 e. The van der Waals surface area contributed by atoms with Crippen molar-refractivity contribution >= 4 is 11.9 Å². The first-order chi connectivity index (χ1) is 13.7. The molecule has 7 nitrogen and oxygen atoms in total. The number of amides is 3. The lowest BCUT2D eigenvalue weighted by molar-refractivity contribution is -0.126. The molecule has 1 N–H and O–H groups in total. The van der Waals surface area contributed by atoms with Gasteiger partial charge in [0.2, 0.25) is 5.91 Å². The number of carbonyl (C=O) groups excluding carboxylic acids is 2. The molecule has 0 spiro atoms. The van der Waals surface area contributed by atoms with Crippen LogP contribution in [0.4, 0.5) is 4.79 Å². The van der Waals surface area contributed by atoms with Gasteiger partial charge < -0.3 is 19.5 Å². The number of nitrogens with zero attached hydrogens (tertiary/aromatic N) is 3. The highest BCUT2D eigenvalue weighted by atomic mass is 16.3. The highest BCUT2D eigenvalue weighted by molar-refractivity contribution is 5.81. The van der Waals surface area contributed by atoms with Gasteiger partial charge in [0.15, 0.2) is 0 Å². The zero-order chi connectivity index (χ0) is 19.3. The molecule has 3 fully saturated rings. The molecule has 0 aliphatic carbocycles. The van der Waals surface area contributed by atoms with Crippen LogP contribution in [0.2, 0.25) is 0 Å². The molecule has 3 aliphatic rings. The van der Waals surface area contributed by atoms with Crippen molar-refractivity contribution in [2.75, 3.05) is 45.8 Å². The minimum Gasteiger partial charge on any atom is -0.468 e. The number of furan rings is 1. The summed E-state index contributed by atoms with van der Waals surface area (Å²) >= 11 is 0. The fraction of sp³-hybridized carbons (Fsp3) is 0.714. The predicted molar refractivity (Wildman–Crippen MR) is 106 cm³/mol. The minimum atomic E-state index is -0.115. The van der Waals surface area contributed by atoms with Crippen molar-refractivity contribution in [3.8, 4) is 0 Å². The van der Waals surface area contributed by atoms with Crippen LogP contribution < -0.4 is 5.32 Å². The minimum absolute atomic E-state index is 0.0645. The lowest BCUT2D eigenvalue weighted by Gasteiger charge is -2.35. The number of rotatable bonds is 5. The van der Waals surface area contributed by atoms with Gasteiger partial charge >= 0.3 is 6.03 Å². The van der Waals surface area contributed by atoms with Crippen LogP contribution in [-0.4, -0.2) is 72.5 Å². The van der Waals surface area contributed by atoms with E-state index >= 15 is 0 Å². The molecule has 28 heavy (non-hydrogen) atoms. The van der Waals surface area contributed by atoms with E-state index in [1.165, 1.54) is 12.8 Å². The van der Waals surface area contributed by atoms with Crippen LogP contribution in [0, 0.1) is 5.92 Å². The quantitative estimate of drug-likeness (QED) is 0.841. The Labute approximate surface area is 167 Å². The van der Waals surface area contributed by atoms with Crippen LogP contribution in [0.5, 0.6) is 0 Å². The van der Waals surface area contributed by atoms with Crippen molar-refractivity contribution in [2.45, 2.75) is 44.6 Å². The SMILES string of the molecule is O=C(NC[C@@H](c1ccco1)N1CCCC1)[C@@H]1CCCN(C(=O)N2CCCC2)C1. The zero-order valence-corrected chi connectivity index (χ0v) is 16.6. The van der Waals surface area contributed by atoms with Crippen molar-refractivity contribution in [1.29, 1.82) is 0 Å². The van der Waals surface area contributed by atoms with E-state index in [9.17, 15) is 9.59 Å². The van der Waals surface area contributed by atoms with Crippen molar-refractivity contribution in [2.24, 2.45) is 5.92 Å². The standard InChI is InChI=1S/C21H32N4O3/c26-20(17-7-5-13-25(16-17)21(27)24-11-3-4-12-24)22-15-18(19-8-6-14-28-19)23-9-1-2-10-23/h6,8,14,17-18H,1-5,7,9-13,15-16H2,(H,22,26)/t17-,18+/m1/s1. The van der Waals surface area contributed by atoms with Gasteiger partial charge in [-0.3, -0.25) is 9.69 Å². The molecule has 7 heteroatoms. The molecule has 0 aromatic carbocycles. The lowest BCUT2D eigenvalue weighted by Crippen LogP contribution is -2.50. The second kappa shape index (κ2) is 8.99. The van der Waals surface area contributed by atoms with E-state index in [2.05, 4.69) is 10.2 Å². The number of hydrogen-bond donors (Lipinski definition) is 1. The van der Waals surface area contributed by atoms with E-state index in [0.717, 1.165) is 64.2 Å². The average molecular weight is 389 g/mol. The summed E-state index contributed by atoms with van der Waals surface area (Å²) in [5, 5.41) is 3.15. The second-order valence-corrected chi connectivity index (χ2v) is 8.28. The summed E-state index contributed by atoms with van der Waals surface area (Å²) in [7, 11) is 0. The zero-order valence-electron chi connectivity index (χ0n) is 16.6. The Hall–Kier alpha value is -2.02. The number of likely N-dealkylation sites (tertiary alicyclic amines) is 3. The molecule has 0 unspecified atom stereocenters. The molecule has 3 saturated heterocycles. The van der Waals surface area contributed by atoms with E-state index in [-0.39, 0.29) is 23.9 Å². The summed E-state index contributed by atoms with van der Waals surface area (Å²) in [4.78, 5) is 31.7. The Morgan fingerprint density at radius 2 is 1.75 bits per heavy atom. The van der Waals surface area contributed by atoms with Gasteiger partial charge in [-0.1, -0.05) is 0 Å². The summed E-state index contributed by atoms with van der Waals surface area (Å²) in [5.41, 5.74) is 0. The molecule has 0 bridgehead atoms. The fourth-order valence-corrected chi connectivity index (χ4v) is 4.76. The summed E-state index contributed by atoms with van der Waals surface area (Å²) in [6.45, 7) is 5.66. The van der Waals surface area contributed by atoms with Crippen LogP contribution in [0.25, 0.3) is 0 Å². The third kappa shape index (κ3) is 4.35. The first-order valence-electron chi connectivity index (χ1n) is 10.8. The Bertz CT molecular complexity index is 651.